The van der Waals surface area contributed by atoms with E-state index in [0.717, 1.165) is 6.08 Å². The number of hydrogen-bond donors (Lipinski definition) is 2. The third-order valence-electron chi connectivity index (χ3n) is 2.95. The molecule has 0 aliphatic carbocycles. The normalized spacial score (nSPS) is 11.5. The van der Waals surface area contributed by atoms with Gasteiger partial charge in [0.2, 0.25) is 0 Å². The number of hydrogen-bond acceptors (Lipinski definition) is 4. The van der Waals surface area contributed by atoms with Crippen molar-refractivity contribution in [3.8, 4) is 0 Å². The van der Waals surface area contributed by atoms with Crippen molar-refractivity contribution in [1.82, 2.24) is 0 Å². The number of carboxylic acids is 2. The summed E-state index contributed by atoms with van der Waals surface area (Å²) in [5, 5.41) is 18.3. The molecular weight excluding hydrogens is 276 g/mol. The molecule has 0 saturated carbocycles. The van der Waals surface area contributed by atoms with E-state index in [-0.39, 0.29) is 17.5 Å². The lowest BCUT2D eigenvalue weighted by atomic mass is 9.96. The van der Waals surface area contributed by atoms with Crippen molar-refractivity contribution in [3.05, 3.63) is 47.5 Å². The summed E-state index contributed by atoms with van der Waals surface area (Å²) in [7, 11) is 0. The van der Waals surface area contributed by atoms with Crippen molar-refractivity contribution in [2.24, 2.45) is 0 Å². The van der Waals surface area contributed by atoms with E-state index in [1.54, 1.807) is 6.92 Å². The van der Waals surface area contributed by atoms with Gasteiger partial charge >= 0.3 is 17.9 Å². The van der Waals surface area contributed by atoms with Gasteiger partial charge in [-0.05, 0) is 18.1 Å². The monoisotopic (exact) mass is 292 g/mol. The first kappa shape index (κ1) is 16.4. The topological polar surface area (TPSA) is 101 Å². The van der Waals surface area contributed by atoms with E-state index in [0.29, 0.717) is 12.0 Å². The minimum absolute atomic E-state index is 0.124. The van der Waals surface area contributed by atoms with Crippen molar-refractivity contribution < 1.29 is 29.3 Å². The zero-order chi connectivity index (χ0) is 16.0. The van der Waals surface area contributed by atoms with Gasteiger partial charge in [0.25, 0.3) is 0 Å². The lowest BCUT2D eigenvalue weighted by Crippen LogP contribution is -2.21. The zero-order valence-electron chi connectivity index (χ0n) is 11.5. The standard InChI is InChI=1S/C15H16O6/c1-3-10(21-12(16)4-2)8-9-6-5-7-11(14(17)18)13(9)15(19)20/h4-7,10H,2-3,8H2,1H3,(H,17,18)(H,19,20). The van der Waals surface area contributed by atoms with Crippen LogP contribution < -0.4 is 0 Å². The number of benzene rings is 1. The van der Waals surface area contributed by atoms with Crippen molar-refractivity contribution in [3.63, 3.8) is 0 Å². The second-order valence-electron chi connectivity index (χ2n) is 4.33. The highest BCUT2D eigenvalue weighted by atomic mass is 16.5. The number of carbonyl (C=O) groups is 3. The highest BCUT2D eigenvalue weighted by Crippen LogP contribution is 2.19. The van der Waals surface area contributed by atoms with Gasteiger partial charge in [0.1, 0.15) is 6.10 Å². The van der Waals surface area contributed by atoms with Crippen LogP contribution in [0.3, 0.4) is 0 Å². The van der Waals surface area contributed by atoms with E-state index in [2.05, 4.69) is 6.58 Å². The summed E-state index contributed by atoms with van der Waals surface area (Å²) >= 11 is 0. The fourth-order valence-corrected chi connectivity index (χ4v) is 1.93. The van der Waals surface area contributed by atoms with Crippen LogP contribution in [0.25, 0.3) is 0 Å². The molecule has 0 saturated heterocycles. The third-order valence-corrected chi connectivity index (χ3v) is 2.95. The Hall–Kier alpha value is -2.63. The highest BCUT2D eigenvalue weighted by Gasteiger charge is 2.22. The Kier molecular flexibility index (Phi) is 5.66. The summed E-state index contributed by atoms with van der Waals surface area (Å²) in [5.41, 5.74) is -0.255. The summed E-state index contributed by atoms with van der Waals surface area (Å²) in [6, 6.07) is 4.21. The number of carboxylic acid groups (broad SMARTS) is 2. The largest absolute Gasteiger partial charge is 0.478 e. The minimum atomic E-state index is -1.33. The van der Waals surface area contributed by atoms with Crippen molar-refractivity contribution in [2.75, 3.05) is 0 Å². The molecule has 0 amide bonds. The number of aromatic carboxylic acids is 2. The predicted molar refractivity (Wildman–Crippen MR) is 74.4 cm³/mol. The Morgan fingerprint density at radius 1 is 1.29 bits per heavy atom. The summed E-state index contributed by atoms with van der Waals surface area (Å²) in [6.45, 7) is 5.07. The molecule has 1 unspecified atom stereocenters. The highest BCUT2D eigenvalue weighted by molar-refractivity contribution is 6.02. The van der Waals surface area contributed by atoms with E-state index in [4.69, 9.17) is 9.84 Å². The molecule has 0 aromatic heterocycles. The molecule has 0 spiro atoms. The molecule has 0 aliphatic rings. The van der Waals surface area contributed by atoms with Gasteiger partial charge in [0, 0.05) is 12.5 Å². The molecule has 1 atom stereocenters. The lowest BCUT2D eigenvalue weighted by Gasteiger charge is -2.17. The molecule has 0 fully saturated rings. The molecular formula is C15H16O6. The quantitative estimate of drug-likeness (QED) is 0.589. The SMILES string of the molecule is C=CC(=O)OC(CC)Cc1cccc(C(=O)O)c1C(=O)O. The van der Waals surface area contributed by atoms with Crippen molar-refractivity contribution in [2.45, 2.75) is 25.9 Å². The van der Waals surface area contributed by atoms with Crippen LogP contribution in [0, 0.1) is 0 Å². The molecule has 112 valence electrons. The maximum absolute atomic E-state index is 11.3. The second-order valence-corrected chi connectivity index (χ2v) is 4.33. The summed E-state index contributed by atoms with van der Waals surface area (Å²) < 4.78 is 5.09. The van der Waals surface area contributed by atoms with Crippen LogP contribution in [0.4, 0.5) is 0 Å². The van der Waals surface area contributed by atoms with E-state index in [9.17, 15) is 19.5 Å². The first-order chi connectivity index (χ1) is 9.90. The molecule has 21 heavy (non-hydrogen) atoms. The van der Waals surface area contributed by atoms with Gasteiger partial charge in [-0.25, -0.2) is 14.4 Å². The van der Waals surface area contributed by atoms with Gasteiger partial charge in [-0.1, -0.05) is 25.6 Å². The van der Waals surface area contributed by atoms with Gasteiger partial charge in [0.05, 0.1) is 11.1 Å². The van der Waals surface area contributed by atoms with Gasteiger partial charge in [-0.3, -0.25) is 0 Å². The number of carbonyl (C=O) groups excluding carboxylic acids is 1. The van der Waals surface area contributed by atoms with E-state index >= 15 is 0 Å². The predicted octanol–water partition coefficient (Wildman–Crippen LogP) is 2.13. The number of esters is 1. The van der Waals surface area contributed by atoms with Gasteiger partial charge in [-0.15, -0.1) is 0 Å². The molecule has 0 heterocycles. The summed E-state index contributed by atoms with van der Waals surface area (Å²) in [6.07, 6.45) is 1.07. The van der Waals surface area contributed by atoms with Gasteiger partial charge in [0.15, 0.2) is 0 Å². The molecule has 1 rings (SSSR count). The minimum Gasteiger partial charge on any atom is -0.478 e. The van der Waals surface area contributed by atoms with Crippen LogP contribution in [0.5, 0.6) is 0 Å². The van der Waals surface area contributed by atoms with Crippen LogP contribution in [0.15, 0.2) is 30.9 Å². The molecule has 2 N–H and O–H groups in total. The second kappa shape index (κ2) is 7.23. The maximum atomic E-state index is 11.3. The molecule has 0 radical (unpaired) electrons. The molecule has 1 aromatic rings. The fraction of sp³-hybridized carbons (Fsp3) is 0.267. The summed E-state index contributed by atoms with van der Waals surface area (Å²) in [4.78, 5) is 33.6. The number of ether oxygens (including phenoxy) is 1. The Labute approximate surface area is 121 Å². The van der Waals surface area contributed by atoms with Crippen LogP contribution in [-0.2, 0) is 16.0 Å². The van der Waals surface area contributed by atoms with Crippen molar-refractivity contribution in [1.29, 1.82) is 0 Å². The van der Waals surface area contributed by atoms with Crippen LogP contribution >= 0.6 is 0 Å². The molecule has 0 bridgehead atoms. The Balaban J connectivity index is 3.14. The third kappa shape index (κ3) is 4.17. The van der Waals surface area contributed by atoms with Crippen LogP contribution in [0.2, 0.25) is 0 Å². The summed E-state index contributed by atoms with van der Waals surface area (Å²) in [5.74, 6) is -3.24. The van der Waals surface area contributed by atoms with Gasteiger partial charge in [-0.2, -0.15) is 0 Å². The first-order valence-electron chi connectivity index (χ1n) is 6.32. The number of rotatable bonds is 7. The van der Waals surface area contributed by atoms with E-state index in [1.165, 1.54) is 18.2 Å². The average molecular weight is 292 g/mol. The van der Waals surface area contributed by atoms with Gasteiger partial charge < -0.3 is 14.9 Å². The van der Waals surface area contributed by atoms with Crippen LogP contribution in [-0.4, -0.2) is 34.2 Å². The first-order valence-corrected chi connectivity index (χ1v) is 6.32. The Bertz CT molecular complexity index is 576. The lowest BCUT2D eigenvalue weighted by molar-refractivity contribution is -0.143. The van der Waals surface area contributed by atoms with Crippen molar-refractivity contribution >= 4 is 17.9 Å². The Morgan fingerprint density at radius 2 is 1.95 bits per heavy atom. The average Bonchev–Trinajstić information content (AvgIpc) is 2.45. The smallest absolute Gasteiger partial charge is 0.336 e. The van der Waals surface area contributed by atoms with E-state index < -0.39 is 24.0 Å². The molecule has 6 nitrogen and oxygen atoms in total. The Morgan fingerprint density at radius 3 is 2.43 bits per heavy atom. The maximum Gasteiger partial charge on any atom is 0.336 e. The van der Waals surface area contributed by atoms with E-state index in [1.807, 2.05) is 0 Å². The fourth-order valence-electron chi connectivity index (χ4n) is 1.93. The molecule has 6 heteroatoms. The zero-order valence-corrected chi connectivity index (χ0v) is 11.5. The molecule has 0 aliphatic heterocycles. The van der Waals surface area contributed by atoms with Crippen LogP contribution in [0.1, 0.15) is 39.6 Å². The molecule has 1 aromatic carbocycles.